The van der Waals surface area contributed by atoms with Crippen LogP contribution < -0.4 is 0 Å². The van der Waals surface area contributed by atoms with Crippen molar-refractivity contribution in [3.05, 3.63) is 58.8 Å². The standard InChI is InChI=1S/C22H19NO8/c1-28-19(24)15-14(13-10-9-11-7-5-6-8-12(11)23-13)16(20(25)29-2)18(22(27)31-4)17(15)21(26)30-3/h5-10,15H,1-4H3. The van der Waals surface area contributed by atoms with Gasteiger partial charge >= 0.3 is 23.9 Å². The van der Waals surface area contributed by atoms with Gasteiger partial charge in [0, 0.05) is 11.0 Å². The molecule has 0 spiro atoms. The van der Waals surface area contributed by atoms with E-state index in [0.29, 0.717) is 5.52 Å². The van der Waals surface area contributed by atoms with Gasteiger partial charge in [0.25, 0.3) is 0 Å². The first-order valence-corrected chi connectivity index (χ1v) is 9.07. The Morgan fingerprint density at radius 1 is 0.742 bits per heavy atom. The zero-order valence-corrected chi connectivity index (χ0v) is 17.3. The molecule has 0 amide bonds. The van der Waals surface area contributed by atoms with Gasteiger partial charge in [-0.2, -0.15) is 0 Å². The molecule has 1 unspecified atom stereocenters. The minimum Gasteiger partial charge on any atom is -0.468 e. The highest BCUT2D eigenvalue weighted by molar-refractivity contribution is 6.23. The van der Waals surface area contributed by atoms with Gasteiger partial charge in [0.1, 0.15) is 5.92 Å². The number of nitrogens with zero attached hydrogens (tertiary/aromatic N) is 1. The normalized spacial score (nSPS) is 15.7. The van der Waals surface area contributed by atoms with E-state index in [1.165, 1.54) is 0 Å². The van der Waals surface area contributed by atoms with Gasteiger partial charge in [-0.25, -0.2) is 19.4 Å². The van der Waals surface area contributed by atoms with Crippen LogP contribution in [0.5, 0.6) is 0 Å². The second-order valence-corrected chi connectivity index (χ2v) is 6.40. The zero-order valence-electron chi connectivity index (χ0n) is 17.3. The molecule has 0 aliphatic heterocycles. The van der Waals surface area contributed by atoms with E-state index in [4.69, 9.17) is 18.9 Å². The average molecular weight is 425 g/mol. The summed E-state index contributed by atoms with van der Waals surface area (Å²) in [6, 6.07) is 10.5. The highest BCUT2D eigenvalue weighted by Crippen LogP contribution is 2.45. The summed E-state index contributed by atoms with van der Waals surface area (Å²) in [5.74, 6) is -5.28. The molecular formula is C22H19NO8. The Kier molecular flexibility index (Phi) is 6.15. The SMILES string of the molecule is COC(=O)C1=C(C(=O)OC)C(C(=O)OC)C(c2ccc3ccccc3n2)=C1C(=O)OC. The lowest BCUT2D eigenvalue weighted by Gasteiger charge is -2.16. The summed E-state index contributed by atoms with van der Waals surface area (Å²) in [5.41, 5.74) is -0.368. The molecule has 0 saturated heterocycles. The monoisotopic (exact) mass is 425 g/mol. The molecule has 0 N–H and O–H groups in total. The molecule has 9 heteroatoms. The predicted octanol–water partition coefficient (Wildman–Crippen LogP) is 1.61. The molecule has 1 heterocycles. The number of para-hydroxylation sites is 1. The maximum Gasteiger partial charge on any atom is 0.339 e. The molecule has 1 aromatic heterocycles. The minimum atomic E-state index is -1.45. The molecule has 9 nitrogen and oxygen atoms in total. The molecule has 1 aromatic carbocycles. The van der Waals surface area contributed by atoms with Crippen molar-refractivity contribution in [2.45, 2.75) is 0 Å². The van der Waals surface area contributed by atoms with Gasteiger partial charge in [0.2, 0.25) is 0 Å². The Morgan fingerprint density at radius 2 is 1.35 bits per heavy atom. The van der Waals surface area contributed by atoms with E-state index in [1.54, 1.807) is 24.3 Å². The van der Waals surface area contributed by atoms with Crippen molar-refractivity contribution in [1.82, 2.24) is 4.98 Å². The number of hydrogen-bond acceptors (Lipinski definition) is 9. The largest absolute Gasteiger partial charge is 0.468 e. The number of rotatable bonds is 5. The summed E-state index contributed by atoms with van der Waals surface area (Å²) in [7, 11) is 4.40. The third-order valence-corrected chi connectivity index (χ3v) is 4.86. The number of esters is 4. The Morgan fingerprint density at radius 3 is 1.97 bits per heavy atom. The fourth-order valence-electron chi connectivity index (χ4n) is 3.51. The Bertz CT molecular complexity index is 1160. The van der Waals surface area contributed by atoms with E-state index in [2.05, 4.69) is 4.98 Å². The number of aromatic nitrogens is 1. The molecule has 1 aliphatic carbocycles. The van der Waals surface area contributed by atoms with Gasteiger partial charge in [-0.1, -0.05) is 24.3 Å². The third kappa shape index (κ3) is 3.65. The lowest BCUT2D eigenvalue weighted by molar-refractivity contribution is -0.145. The molecule has 3 rings (SSSR count). The van der Waals surface area contributed by atoms with Crippen molar-refractivity contribution in [3.8, 4) is 0 Å². The van der Waals surface area contributed by atoms with Crippen molar-refractivity contribution in [2.75, 3.05) is 28.4 Å². The first-order chi connectivity index (χ1) is 14.9. The van der Waals surface area contributed by atoms with Crippen LogP contribution >= 0.6 is 0 Å². The van der Waals surface area contributed by atoms with Gasteiger partial charge in [-0.05, 0) is 12.1 Å². The Labute approximate surface area is 177 Å². The van der Waals surface area contributed by atoms with Crippen LogP contribution in [0.2, 0.25) is 0 Å². The fraction of sp³-hybridized carbons (Fsp3) is 0.227. The van der Waals surface area contributed by atoms with E-state index in [1.807, 2.05) is 12.1 Å². The van der Waals surface area contributed by atoms with E-state index in [0.717, 1.165) is 33.8 Å². The summed E-state index contributed by atoms with van der Waals surface area (Å²) in [6.07, 6.45) is 0. The molecule has 0 fully saturated rings. The predicted molar refractivity (Wildman–Crippen MR) is 107 cm³/mol. The molecule has 2 aromatic rings. The highest BCUT2D eigenvalue weighted by atomic mass is 16.5. The maximum absolute atomic E-state index is 12.8. The van der Waals surface area contributed by atoms with Crippen molar-refractivity contribution >= 4 is 40.4 Å². The summed E-state index contributed by atoms with van der Waals surface area (Å²) in [6.45, 7) is 0. The summed E-state index contributed by atoms with van der Waals surface area (Å²) in [5, 5.41) is 0.813. The smallest absolute Gasteiger partial charge is 0.339 e. The van der Waals surface area contributed by atoms with E-state index < -0.39 is 35.4 Å². The van der Waals surface area contributed by atoms with Gasteiger partial charge in [-0.3, -0.25) is 4.79 Å². The number of methoxy groups -OCH3 is 4. The van der Waals surface area contributed by atoms with Crippen LogP contribution in [0, 0.1) is 5.92 Å². The van der Waals surface area contributed by atoms with E-state index >= 15 is 0 Å². The summed E-state index contributed by atoms with van der Waals surface area (Å²) >= 11 is 0. The van der Waals surface area contributed by atoms with Crippen molar-refractivity contribution in [2.24, 2.45) is 5.92 Å². The molecule has 1 atom stereocenters. The lowest BCUT2D eigenvalue weighted by atomic mass is 9.91. The number of benzene rings is 1. The Balaban J connectivity index is 2.41. The lowest BCUT2D eigenvalue weighted by Crippen LogP contribution is -2.25. The molecular weight excluding hydrogens is 406 g/mol. The van der Waals surface area contributed by atoms with E-state index in [-0.39, 0.29) is 22.4 Å². The second kappa shape index (κ2) is 8.78. The van der Waals surface area contributed by atoms with Crippen LogP contribution in [0.15, 0.2) is 53.1 Å². The molecule has 0 radical (unpaired) electrons. The number of fused-ring (bicyclic) bond motifs is 1. The number of pyridine rings is 1. The molecule has 160 valence electrons. The van der Waals surface area contributed by atoms with Gasteiger partial charge in [0.05, 0.1) is 56.4 Å². The van der Waals surface area contributed by atoms with Gasteiger partial charge in [-0.15, -0.1) is 0 Å². The summed E-state index contributed by atoms with van der Waals surface area (Å²) < 4.78 is 19.3. The van der Waals surface area contributed by atoms with Crippen LogP contribution in [0.25, 0.3) is 16.5 Å². The van der Waals surface area contributed by atoms with Crippen molar-refractivity contribution < 1.29 is 38.1 Å². The molecule has 31 heavy (non-hydrogen) atoms. The number of carbonyl (C=O) groups is 4. The fourth-order valence-corrected chi connectivity index (χ4v) is 3.51. The Hall–Kier alpha value is -4.01. The number of carbonyl (C=O) groups excluding carboxylic acids is 4. The average Bonchev–Trinajstić information content (AvgIpc) is 3.17. The summed E-state index contributed by atoms with van der Waals surface area (Å²) in [4.78, 5) is 55.3. The second-order valence-electron chi connectivity index (χ2n) is 6.40. The maximum atomic E-state index is 12.8. The first kappa shape index (κ1) is 21.7. The quantitative estimate of drug-likeness (QED) is 0.520. The van der Waals surface area contributed by atoms with Crippen LogP contribution in [-0.4, -0.2) is 57.3 Å². The van der Waals surface area contributed by atoms with Crippen molar-refractivity contribution in [3.63, 3.8) is 0 Å². The van der Waals surface area contributed by atoms with Crippen LogP contribution in [0.1, 0.15) is 5.69 Å². The molecule has 0 bridgehead atoms. The first-order valence-electron chi connectivity index (χ1n) is 9.07. The van der Waals surface area contributed by atoms with Crippen molar-refractivity contribution in [1.29, 1.82) is 0 Å². The van der Waals surface area contributed by atoms with Gasteiger partial charge < -0.3 is 18.9 Å². The van der Waals surface area contributed by atoms with Crippen LogP contribution in [-0.2, 0) is 38.1 Å². The zero-order chi connectivity index (χ0) is 22.7. The minimum absolute atomic E-state index is 0.00902. The van der Waals surface area contributed by atoms with E-state index in [9.17, 15) is 19.2 Å². The number of hydrogen-bond donors (Lipinski definition) is 0. The number of ether oxygens (including phenoxy) is 4. The van der Waals surface area contributed by atoms with Crippen LogP contribution in [0.4, 0.5) is 0 Å². The van der Waals surface area contributed by atoms with Crippen LogP contribution in [0.3, 0.4) is 0 Å². The third-order valence-electron chi connectivity index (χ3n) is 4.86. The van der Waals surface area contributed by atoms with Gasteiger partial charge in [0.15, 0.2) is 0 Å². The molecule has 0 saturated carbocycles. The topological polar surface area (TPSA) is 118 Å². The molecule has 1 aliphatic rings. The highest BCUT2D eigenvalue weighted by Gasteiger charge is 2.49.